The van der Waals surface area contributed by atoms with E-state index in [0.29, 0.717) is 36.1 Å². The van der Waals surface area contributed by atoms with Gasteiger partial charge in [-0.05, 0) is 67.6 Å². The number of ether oxygens (including phenoxy) is 1. The summed E-state index contributed by atoms with van der Waals surface area (Å²) in [5, 5.41) is 3.04. The Morgan fingerprint density at radius 3 is 2.68 bits per heavy atom. The van der Waals surface area contributed by atoms with E-state index in [1.165, 1.54) is 19.3 Å². The van der Waals surface area contributed by atoms with Crippen molar-refractivity contribution in [3.8, 4) is 5.75 Å². The van der Waals surface area contributed by atoms with E-state index in [-0.39, 0.29) is 5.91 Å². The molecular weight excluding hydrogens is 352 g/mol. The number of amides is 2. The van der Waals surface area contributed by atoms with Gasteiger partial charge < -0.3 is 15.0 Å². The van der Waals surface area contributed by atoms with Crippen molar-refractivity contribution in [2.24, 2.45) is 17.3 Å². The van der Waals surface area contributed by atoms with Crippen LogP contribution in [0.5, 0.6) is 5.75 Å². The molecule has 4 rings (SSSR count). The van der Waals surface area contributed by atoms with E-state index in [0.717, 1.165) is 50.1 Å². The van der Waals surface area contributed by atoms with Gasteiger partial charge in [0.1, 0.15) is 5.75 Å². The smallest absolute Gasteiger partial charge is 0.226 e. The first-order valence-corrected chi connectivity index (χ1v) is 10.8. The molecule has 0 bridgehead atoms. The van der Waals surface area contributed by atoms with Crippen LogP contribution >= 0.6 is 0 Å². The van der Waals surface area contributed by atoms with E-state index >= 15 is 0 Å². The van der Waals surface area contributed by atoms with Gasteiger partial charge >= 0.3 is 0 Å². The normalized spacial score (nSPS) is 23.2. The van der Waals surface area contributed by atoms with Gasteiger partial charge in [0.05, 0.1) is 7.11 Å². The molecular formula is C23H32N2O3. The lowest BCUT2D eigenvalue weighted by Gasteiger charge is -2.34. The molecule has 3 aliphatic rings. The Morgan fingerprint density at radius 1 is 1.25 bits per heavy atom. The Balaban J connectivity index is 1.13. The average Bonchev–Trinajstić information content (AvgIpc) is 3.45. The summed E-state index contributed by atoms with van der Waals surface area (Å²) in [6, 6.07) is 7.95. The zero-order valence-corrected chi connectivity index (χ0v) is 16.9. The maximum Gasteiger partial charge on any atom is 0.226 e. The van der Waals surface area contributed by atoms with E-state index in [9.17, 15) is 9.59 Å². The molecule has 1 N–H and O–H groups in total. The molecule has 3 fully saturated rings. The van der Waals surface area contributed by atoms with Gasteiger partial charge in [0, 0.05) is 32.0 Å². The number of likely N-dealkylation sites (tertiary alicyclic amines) is 1. The first-order chi connectivity index (χ1) is 13.6. The summed E-state index contributed by atoms with van der Waals surface area (Å²) in [5.74, 6) is 2.08. The van der Waals surface area contributed by atoms with E-state index in [4.69, 9.17) is 4.74 Å². The molecule has 1 spiro atoms. The van der Waals surface area contributed by atoms with Crippen LogP contribution in [0.4, 0.5) is 0 Å². The summed E-state index contributed by atoms with van der Waals surface area (Å²) in [5.41, 5.74) is 1.58. The zero-order chi connectivity index (χ0) is 19.6. The van der Waals surface area contributed by atoms with Crippen molar-refractivity contribution in [2.45, 2.75) is 51.4 Å². The molecule has 1 aromatic rings. The number of hydrogen-bond acceptors (Lipinski definition) is 3. The highest BCUT2D eigenvalue weighted by Gasteiger charge is 2.61. The molecule has 2 amide bonds. The summed E-state index contributed by atoms with van der Waals surface area (Å²) in [7, 11) is 1.66. The molecule has 152 valence electrons. The molecule has 1 unspecified atom stereocenters. The summed E-state index contributed by atoms with van der Waals surface area (Å²) < 4.78 is 5.23. The lowest BCUT2D eigenvalue weighted by molar-refractivity contribution is -0.135. The van der Waals surface area contributed by atoms with Gasteiger partial charge in [0.25, 0.3) is 0 Å². The van der Waals surface area contributed by atoms with Gasteiger partial charge in [-0.2, -0.15) is 0 Å². The molecule has 0 aromatic heterocycles. The second-order valence-corrected chi connectivity index (χ2v) is 8.90. The van der Waals surface area contributed by atoms with E-state index in [1.54, 1.807) is 7.11 Å². The van der Waals surface area contributed by atoms with E-state index in [1.807, 2.05) is 18.2 Å². The molecule has 1 heterocycles. The van der Waals surface area contributed by atoms with Crippen molar-refractivity contribution in [1.82, 2.24) is 10.2 Å². The molecule has 2 aliphatic carbocycles. The average molecular weight is 385 g/mol. The number of nitrogens with zero attached hydrogens (tertiary/aromatic N) is 1. The molecule has 5 heteroatoms. The first-order valence-electron chi connectivity index (χ1n) is 10.8. The Labute approximate surface area is 167 Å². The fourth-order valence-electron chi connectivity index (χ4n) is 4.97. The molecule has 1 saturated heterocycles. The SMILES string of the molecule is COc1cccc(CCNC(=O)CC2CCN(C(=O)C3CC34CCC4)CC2)c1. The summed E-state index contributed by atoms with van der Waals surface area (Å²) in [6.07, 6.45) is 8.24. The highest BCUT2D eigenvalue weighted by Crippen LogP contribution is 2.66. The minimum absolute atomic E-state index is 0.128. The van der Waals surface area contributed by atoms with Crippen LogP contribution in [0.25, 0.3) is 0 Å². The van der Waals surface area contributed by atoms with Crippen molar-refractivity contribution < 1.29 is 14.3 Å². The van der Waals surface area contributed by atoms with Crippen molar-refractivity contribution >= 4 is 11.8 Å². The molecule has 5 nitrogen and oxygen atoms in total. The molecule has 28 heavy (non-hydrogen) atoms. The summed E-state index contributed by atoms with van der Waals surface area (Å²) in [6.45, 7) is 2.30. The van der Waals surface area contributed by atoms with Crippen LogP contribution in [-0.2, 0) is 16.0 Å². The predicted molar refractivity (Wildman–Crippen MR) is 108 cm³/mol. The molecule has 1 aromatic carbocycles. The fourth-order valence-corrected chi connectivity index (χ4v) is 4.97. The van der Waals surface area contributed by atoms with Crippen LogP contribution < -0.4 is 10.1 Å². The van der Waals surface area contributed by atoms with Crippen molar-refractivity contribution in [3.63, 3.8) is 0 Å². The highest BCUT2D eigenvalue weighted by molar-refractivity contribution is 5.83. The third-order valence-electron chi connectivity index (χ3n) is 7.11. The number of piperidine rings is 1. The number of carbonyl (C=O) groups is 2. The van der Waals surface area contributed by atoms with Gasteiger partial charge in [0.15, 0.2) is 0 Å². The predicted octanol–water partition coefficient (Wildman–Crippen LogP) is 3.17. The van der Waals surface area contributed by atoms with Crippen LogP contribution in [0.1, 0.15) is 50.5 Å². The maximum absolute atomic E-state index is 12.7. The lowest BCUT2D eigenvalue weighted by atomic mass is 9.79. The number of carbonyl (C=O) groups excluding carboxylic acids is 2. The molecule has 1 atom stereocenters. The fraction of sp³-hybridized carbons (Fsp3) is 0.652. The highest BCUT2D eigenvalue weighted by atomic mass is 16.5. The van der Waals surface area contributed by atoms with Gasteiger partial charge in [-0.3, -0.25) is 9.59 Å². The van der Waals surface area contributed by atoms with E-state index in [2.05, 4.69) is 16.3 Å². The molecule has 0 radical (unpaired) electrons. The van der Waals surface area contributed by atoms with Crippen LogP contribution in [-0.4, -0.2) is 43.5 Å². The number of rotatable bonds is 7. The topological polar surface area (TPSA) is 58.6 Å². The lowest BCUT2D eigenvalue weighted by Crippen LogP contribution is -2.41. The summed E-state index contributed by atoms with van der Waals surface area (Å²) in [4.78, 5) is 27.0. The van der Waals surface area contributed by atoms with Crippen LogP contribution in [0.2, 0.25) is 0 Å². The maximum atomic E-state index is 12.7. The van der Waals surface area contributed by atoms with Gasteiger partial charge in [-0.25, -0.2) is 0 Å². The Morgan fingerprint density at radius 2 is 2.04 bits per heavy atom. The summed E-state index contributed by atoms with van der Waals surface area (Å²) >= 11 is 0. The molecule has 2 saturated carbocycles. The minimum atomic E-state index is 0.128. The van der Waals surface area contributed by atoms with Crippen LogP contribution in [0.3, 0.4) is 0 Å². The largest absolute Gasteiger partial charge is 0.497 e. The van der Waals surface area contributed by atoms with Gasteiger partial charge in [-0.1, -0.05) is 18.6 Å². The van der Waals surface area contributed by atoms with Crippen LogP contribution in [0.15, 0.2) is 24.3 Å². The number of methoxy groups -OCH3 is 1. The van der Waals surface area contributed by atoms with Crippen molar-refractivity contribution in [2.75, 3.05) is 26.7 Å². The zero-order valence-electron chi connectivity index (χ0n) is 16.9. The van der Waals surface area contributed by atoms with Crippen molar-refractivity contribution in [1.29, 1.82) is 0 Å². The quantitative estimate of drug-likeness (QED) is 0.786. The molecule has 1 aliphatic heterocycles. The first kappa shape index (κ1) is 19.3. The second-order valence-electron chi connectivity index (χ2n) is 8.90. The standard InChI is InChI=1S/C23H32N2O3/c1-28-19-5-2-4-17(14-19)6-11-24-21(26)15-18-7-12-25(13-8-18)22(27)20-16-23(20)9-3-10-23/h2,4-5,14,18,20H,3,6-13,15-16H2,1H3,(H,24,26). The number of nitrogens with one attached hydrogen (secondary N) is 1. The second kappa shape index (κ2) is 8.14. The van der Waals surface area contributed by atoms with E-state index < -0.39 is 0 Å². The van der Waals surface area contributed by atoms with Crippen molar-refractivity contribution in [3.05, 3.63) is 29.8 Å². The van der Waals surface area contributed by atoms with Gasteiger partial charge in [0.2, 0.25) is 11.8 Å². The minimum Gasteiger partial charge on any atom is -0.497 e. The third kappa shape index (κ3) is 4.18. The monoisotopic (exact) mass is 384 g/mol. The third-order valence-corrected chi connectivity index (χ3v) is 7.11. The Bertz CT molecular complexity index is 720. The Hall–Kier alpha value is -2.04. The Kier molecular flexibility index (Phi) is 5.61. The van der Waals surface area contributed by atoms with Crippen LogP contribution in [0, 0.1) is 17.3 Å². The number of hydrogen-bond donors (Lipinski definition) is 1. The van der Waals surface area contributed by atoms with Gasteiger partial charge in [-0.15, -0.1) is 0 Å². The number of benzene rings is 1.